The van der Waals surface area contributed by atoms with Gasteiger partial charge in [-0.25, -0.2) is 0 Å². The van der Waals surface area contributed by atoms with Gasteiger partial charge in [0.25, 0.3) is 0 Å². The van der Waals surface area contributed by atoms with Crippen LogP contribution in [0.1, 0.15) is 58.1 Å². The van der Waals surface area contributed by atoms with Gasteiger partial charge in [-0.2, -0.15) is 0 Å². The quantitative estimate of drug-likeness (QED) is 0.454. The van der Waals surface area contributed by atoms with Gasteiger partial charge in [0.2, 0.25) is 0 Å². The zero-order valence-corrected chi connectivity index (χ0v) is 17.1. The third kappa shape index (κ3) is 6.37. The molecule has 0 radical (unpaired) electrons. The van der Waals surface area contributed by atoms with E-state index >= 15 is 0 Å². The Morgan fingerprint density at radius 3 is 2.54 bits per heavy atom. The van der Waals surface area contributed by atoms with Crippen LogP contribution in [0.25, 0.3) is 17.2 Å². The molecule has 0 heterocycles. The summed E-state index contributed by atoms with van der Waals surface area (Å²) in [4.78, 5) is 0. The molecule has 0 fully saturated rings. The number of rotatable bonds is 9. The van der Waals surface area contributed by atoms with E-state index in [0.29, 0.717) is 5.92 Å². The molecule has 0 aliphatic heterocycles. The van der Waals surface area contributed by atoms with Crippen molar-refractivity contribution in [2.24, 2.45) is 11.8 Å². The van der Waals surface area contributed by atoms with Gasteiger partial charge in [-0.15, -0.1) is 0 Å². The van der Waals surface area contributed by atoms with Gasteiger partial charge in [-0.05, 0) is 60.9 Å². The first-order chi connectivity index (χ1) is 12.5. The predicted octanol–water partition coefficient (Wildman–Crippen LogP) is 7.54. The fraction of sp³-hybridized carbons (Fsp3) is 0.440. The van der Waals surface area contributed by atoms with Crippen LogP contribution in [0.5, 0.6) is 5.75 Å². The lowest BCUT2D eigenvalue weighted by Gasteiger charge is -2.15. The summed E-state index contributed by atoms with van der Waals surface area (Å²) in [5.41, 5.74) is 5.00. The number of hydrogen-bond donors (Lipinski definition) is 0. The van der Waals surface area contributed by atoms with E-state index in [0.717, 1.165) is 18.3 Å². The van der Waals surface area contributed by atoms with Crippen molar-refractivity contribution in [2.45, 2.75) is 53.9 Å². The number of benzene rings is 2. The average Bonchev–Trinajstić information content (AvgIpc) is 2.61. The topological polar surface area (TPSA) is 9.23 Å². The Morgan fingerprint density at radius 2 is 1.81 bits per heavy atom. The van der Waals surface area contributed by atoms with Crippen molar-refractivity contribution in [3.63, 3.8) is 0 Å². The van der Waals surface area contributed by atoms with Crippen LogP contribution in [0.3, 0.4) is 0 Å². The Bertz CT molecular complexity index is 712. The second-order valence-electron chi connectivity index (χ2n) is 7.86. The smallest absolute Gasteiger partial charge is 0.119 e. The molecule has 0 saturated heterocycles. The second kappa shape index (κ2) is 10.2. The first kappa shape index (κ1) is 20.3. The van der Waals surface area contributed by atoms with Crippen molar-refractivity contribution >= 4 is 6.08 Å². The summed E-state index contributed by atoms with van der Waals surface area (Å²) in [6, 6.07) is 15.1. The Kier molecular flexibility index (Phi) is 7.97. The second-order valence-corrected chi connectivity index (χ2v) is 7.86. The van der Waals surface area contributed by atoms with E-state index in [1.807, 2.05) is 0 Å². The van der Waals surface area contributed by atoms with Crippen LogP contribution in [0.4, 0.5) is 0 Å². The van der Waals surface area contributed by atoms with Crippen molar-refractivity contribution in [1.82, 2.24) is 0 Å². The standard InChI is InChI=1S/C25H34O/c1-6-9-22-15-14-20(4)16-25(22)23-12-8-13-24(17-23)26-18-21(5)11-7-10-19(2)3/h6,8-9,12-17,19,21H,7,10-11,18H2,1-5H3. The van der Waals surface area contributed by atoms with Crippen LogP contribution >= 0.6 is 0 Å². The maximum Gasteiger partial charge on any atom is 0.119 e. The van der Waals surface area contributed by atoms with E-state index in [1.165, 1.54) is 41.5 Å². The molecule has 2 aromatic rings. The SMILES string of the molecule is CC=Cc1ccc(C)cc1-c1cccc(OCC(C)CCCC(C)C)c1. The highest BCUT2D eigenvalue weighted by Gasteiger charge is 2.07. The van der Waals surface area contributed by atoms with Gasteiger partial charge in [0.15, 0.2) is 0 Å². The molecular formula is C25H34O. The zero-order valence-electron chi connectivity index (χ0n) is 17.1. The third-order valence-corrected chi connectivity index (χ3v) is 4.71. The van der Waals surface area contributed by atoms with Gasteiger partial charge in [0, 0.05) is 0 Å². The van der Waals surface area contributed by atoms with Crippen molar-refractivity contribution in [2.75, 3.05) is 6.61 Å². The summed E-state index contributed by atoms with van der Waals surface area (Å²) in [7, 11) is 0. The van der Waals surface area contributed by atoms with Gasteiger partial charge in [-0.1, -0.05) is 81.7 Å². The first-order valence-electron chi connectivity index (χ1n) is 9.96. The van der Waals surface area contributed by atoms with Crippen LogP contribution < -0.4 is 4.74 Å². The molecule has 2 rings (SSSR count). The molecule has 0 bridgehead atoms. The minimum atomic E-state index is 0.593. The summed E-state index contributed by atoms with van der Waals surface area (Å²) in [5.74, 6) is 2.35. The molecule has 0 spiro atoms. The normalized spacial score (nSPS) is 12.7. The average molecular weight is 351 g/mol. The number of aryl methyl sites for hydroxylation is 1. The van der Waals surface area contributed by atoms with Gasteiger partial charge in [0.1, 0.15) is 5.75 Å². The van der Waals surface area contributed by atoms with Crippen LogP contribution in [-0.2, 0) is 0 Å². The maximum absolute atomic E-state index is 6.10. The summed E-state index contributed by atoms with van der Waals surface area (Å²) in [6.07, 6.45) is 8.09. The molecule has 26 heavy (non-hydrogen) atoms. The number of allylic oxidation sites excluding steroid dienone is 1. The zero-order chi connectivity index (χ0) is 18.9. The molecule has 0 N–H and O–H groups in total. The predicted molar refractivity (Wildman–Crippen MR) is 115 cm³/mol. The van der Waals surface area contributed by atoms with Gasteiger partial charge in [0.05, 0.1) is 6.61 Å². The van der Waals surface area contributed by atoms with E-state index in [2.05, 4.69) is 89.2 Å². The highest BCUT2D eigenvalue weighted by Crippen LogP contribution is 2.29. The van der Waals surface area contributed by atoms with Crippen molar-refractivity contribution in [3.8, 4) is 16.9 Å². The molecule has 0 aliphatic carbocycles. The fourth-order valence-corrected chi connectivity index (χ4v) is 3.19. The van der Waals surface area contributed by atoms with Crippen molar-refractivity contribution < 1.29 is 4.74 Å². The lowest BCUT2D eigenvalue weighted by Crippen LogP contribution is -2.09. The minimum Gasteiger partial charge on any atom is -0.493 e. The fourth-order valence-electron chi connectivity index (χ4n) is 3.19. The third-order valence-electron chi connectivity index (χ3n) is 4.71. The Labute approximate surface area is 160 Å². The molecule has 0 amide bonds. The highest BCUT2D eigenvalue weighted by molar-refractivity contribution is 5.76. The Hall–Kier alpha value is -2.02. The van der Waals surface area contributed by atoms with E-state index in [4.69, 9.17) is 4.74 Å². The summed E-state index contributed by atoms with van der Waals surface area (Å²) >= 11 is 0. The molecule has 1 heteroatoms. The molecule has 1 nitrogen and oxygen atoms in total. The number of ether oxygens (including phenoxy) is 1. The molecule has 140 valence electrons. The van der Waals surface area contributed by atoms with Gasteiger partial charge < -0.3 is 4.74 Å². The summed E-state index contributed by atoms with van der Waals surface area (Å²) in [6.45, 7) is 11.9. The van der Waals surface area contributed by atoms with Crippen LogP contribution in [0, 0.1) is 18.8 Å². The number of hydrogen-bond acceptors (Lipinski definition) is 1. The van der Waals surface area contributed by atoms with Crippen molar-refractivity contribution in [3.05, 3.63) is 59.7 Å². The van der Waals surface area contributed by atoms with E-state index in [9.17, 15) is 0 Å². The van der Waals surface area contributed by atoms with Gasteiger partial charge in [-0.3, -0.25) is 0 Å². The molecular weight excluding hydrogens is 316 g/mol. The molecule has 1 unspecified atom stereocenters. The summed E-state index contributed by atoms with van der Waals surface area (Å²) in [5, 5.41) is 0. The Morgan fingerprint density at radius 1 is 1.00 bits per heavy atom. The first-order valence-corrected chi connectivity index (χ1v) is 9.96. The molecule has 0 aromatic heterocycles. The monoisotopic (exact) mass is 350 g/mol. The van der Waals surface area contributed by atoms with E-state index in [1.54, 1.807) is 0 Å². The van der Waals surface area contributed by atoms with E-state index < -0.39 is 0 Å². The maximum atomic E-state index is 6.10. The molecule has 0 aliphatic rings. The molecule has 0 saturated carbocycles. The van der Waals surface area contributed by atoms with Crippen molar-refractivity contribution in [1.29, 1.82) is 0 Å². The van der Waals surface area contributed by atoms with Gasteiger partial charge >= 0.3 is 0 Å². The van der Waals surface area contributed by atoms with Crippen LogP contribution in [0.2, 0.25) is 0 Å². The Balaban J connectivity index is 2.05. The van der Waals surface area contributed by atoms with Crippen LogP contribution in [0.15, 0.2) is 48.5 Å². The largest absolute Gasteiger partial charge is 0.493 e. The van der Waals surface area contributed by atoms with E-state index in [-0.39, 0.29) is 0 Å². The lowest BCUT2D eigenvalue weighted by atomic mass is 9.97. The lowest BCUT2D eigenvalue weighted by molar-refractivity contribution is 0.247. The molecule has 2 aromatic carbocycles. The van der Waals surface area contributed by atoms with Crippen LogP contribution in [-0.4, -0.2) is 6.61 Å². The molecule has 1 atom stereocenters. The summed E-state index contributed by atoms with van der Waals surface area (Å²) < 4.78 is 6.10. The highest BCUT2D eigenvalue weighted by atomic mass is 16.5. The minimum absolute atomic E-state index is 0.593.